The van der Waals surface area contributed by atoms with Gasteiger partial charge in [0.2, 0.25) is 0 Å². The van der Waals surface area contributed by atoms with Crippen LogP contribution in [0.15, 0.2) is 54.2 Å². The minimum Gasteiger partial charge on any atom is -0.496 e. The summed E-state index contributed by atoms with van der Waals surface area (Å²) in [5.41, 5.74) is 0.452. The Balaban J connectivity index is 2.33. The highest BCUT2D eigenvalue weighted by molar-refractivity contribution is 6.34. The topological polar surface area (TPSA) is 75.6 Å². The molecule has 0 atom stereocenters. The van der Waals surface area contributed by atoms with Crippen molar-refractivity contribution in [2.24, 2.45) is 0 Å². The summed E-state index contributed by atoms with van der Waals surface area (Å²) < 4.78 is 5.16. The zero-order valence-electron chi connectivity index (χ0n) is 12.2. The van der Waals surface area contributed by atoms with E-state index in [0.29, 0.717) is 11.3 Å². The fourth-order valence-electron chi connectivity index (χ4n) is 1.93. The SMILES string of the molecule is COc1ccccc1/C=C(\NC(=O)c1ccccc1Cl)C(=O)O. The molecule has 2 N–H and O–H groups in total. The van der Waals surface area contributed by atoms with E-state index in [4.69, 9.17) is 16.3 Å². The summed E-state index contributed by atoms with van der Waals surface area (Å²) >= 11 is 5.94. The fourth-order valence-corrected chi connectivity index (χ4v) is 2.15. The molecule has 0 radical (unpaired) electrons. The van der Waals surface area contributed by atoms with Gasteiger partial charge >= 0.3 is 5.97 Å². The molecule has 0 spiro atoms. The van der Waals surface area contributed by atoms with Crippen LogP contribution in [0.5, 0.6) is 5.75 Å². The Morgan fingerprint density at radius 2 is 1.78 bits per heavy atom. The summed E-state index contributed by atoms with van der Waals surface area (Å²) in [6.07, 6.45) is 1.33. The number of rotatable bonds is 5. The largest absolute Gasteiger partial charge is 0.496 e. The van der Waals surface area contributed by atoms with Crippen LogP contribution in [0.1, 0.15) is 15.9 Å². The summed E-state index contributed by atoms with van der Waals surface area (Å²) in [4.78, 5) is 23.6. The molecule has 2 rings (SSSR count). The first-order valence-electron chi connectivity index (χ1n) is 6.67. The summed E-state index contributed by atoms with van der Waals surface area (Å²) in [5, 5.41) is 11.9. The monoisotopic (exact) mass is 331 g/mol. The lowest BCUT2D eigenvalue weighted by atomic mass is 10.1. The molecule has 2 aromatic rings. The van der Waals surface area contributed by atoms with Gasteiger partial charge in [-0.25, -0.2) is 4.79 Å². The Kier molecular flexibility index (Phi) is 5.38. The molecule has 1 amide bonds. The lowest BCUT2D eigenvalue weighted by Gasteiger charge is -2.09. The highest BCUT2D eigenvalue weighted by Crippen LogP contribution is 2.20. The summed E-state index contributed by atoms with van der Waals surface area (Å²) in [6, 6.07) is 13.3. The van der Waals surface area contributed by atoms with Crippen molar-refractivity contribution >= 4 is 29.6 Å². The molecular weight excluding hydrogens is 318 g/mol. The zero-order chi connectivity index (χ0) is 16.8. The third-order valence-electron chi connectivity index (χ3n) is 3.04. The van der Waals surface area contributed by atoms with Gasteiger partial charge in [0.15, 0.2) is 0 Å². The van der Waals surface area contributed by atoms with Crippen LogP contribution in [0, 0.1) is 0 Å². The number of nitrogens with one attached hydrogen (secondary N) is 1. The molecule has 5 nitrogen and oxygen atoms in total. The quantitative estimate of drug-likeness (QED) is 0.825. The third-order valence-corrected chi connectivity index (χ3v) is 3.37. The maximum absolute atomic E-state index is 12.2. The van der Waals surface area contributed by atoms with Crippen molar-refractivity contribution in [1.29, 1.82) is 0 Å². The van der Waals surface area contributed by atoms with E-state index in [-0.39, 0.29) is 16.3 Å². The average Bonchev–Trinajstić information content (AvgIpc) is 2.54. The molecule has 2 aromatic carbocycles. The molecule has 118 valence electrons. The van der Waals surface area contributed by atoms with Gasteiger partial charge in [-0.3, -0.25) is 4.79 Å². The zero-order valence-corrected chi connectivity index (χ0v) is 13.0. The van der Waals surface area contributed by atoms with Crippen LogP contribution in [0.2, 0.25) is 5.02 Å². The molecular formula is C17H14ClNO4. The molecule has 0 bridgehead atoms. The van der Waals surface area contributed by atoms with Crippen molar-refractivity contribution < 1.29 is 19.4 Å². The van der Waals surface area contributed by atoms with Gasteiger partial charge in [-0.15, -0.1) is 0 Å². The number of benzene rings is 2. The van der Waals surface area contributed by atoms with E-state index < -0.39 is 11.9 Å². The Morgan fingerprint density at radius 1 is 1.13 bits per heavy atom. The van der Waals surface area contributed by atoms with Crippen LogP contribution in [-0.4, -0.2) is 24.1 Å². The van der Waals surface area contributed by atoms with Crippen molar-refractivity contribution in [2.75, 3.05) is 7.11 Å². The van der Waals surface area contributed by atoms with Crippen molar-refractivity contribution in [3.05, 3.63) is 70.4 Å². The molecule has 0 saturated heterocycles. The molecule has 0 aliphatic carbocycles. The molecule has 0 fully saturated rings. The molecule has 0 saturated carbocycles. The summed E-state index contributed by atoms with van der Waals surface area (Å²) in [5.74, 6) is -1.37. The van der Waals surface area contributed by atoms with Gasteiger partial charge in [0, 0.05) is 5.56 Å². The number of carboxylic acids is 1. The maximum atomic E-state index is 12.2. The number of hydrogen-bond donors (Lipinski definition) is 2. The fraction of sp³-hybridized carbons (Fsp3) is 0.0588. The Morgan fingerprint density at radius 3 is 2.43 bits per heavy atom. The minimum absolute atomic E-state index is 0.196. The smallest absolute Gasteiger partial charge is 0.352 e. The normalized spacial score (nSPS) is 11.0. The van der Waals surface area contributed by atoms with Crippen LogP contribution < -0.4 is 10.1 Å². The van der Waals surface area contributed by atoms with Crippen LogP contribution in [0.4, 0.5) is 0 Å². The van der Waals surface area contributed by atoms with Crippen molar-refractivity contribution in [2.45, 2.75) is 0 Å². The number of aliphatic carboxylic acids is 1. The van der Waals surface area contributed by atoms with E-state index in [2.05, 4.69) is 5.32 Å². The van der Waals surface area contributed by atoms with Gasteiger partial charge in [0.1, 0.15) is 11.4 Å². The van der Waals surface area contributed by atoms with Gasteiger partial charge in [-0.2, -0.15) is 0 Å². The van der Waals surface area contributed by atoms with Gasteiger partial charge in [-0.05, 0) is 24.3 Å². The number of ether oxygens (including phenoxy) is 1. The minimum atomic E-state index is -1.27. The number of carbonyl (C=O) groups excluding carboxylic acids is 1. The Hall–Kier alpha value is -2.79. The van der Waals surface area contributed by atoms with Crippen LogP contribution >= 0.6 is 11.6 Å². The number of carbonyl (C=O) groups is 2. The predicted molar refractivity (Wildman–Crippen MR) is 87.5 cm³/mol. The first-order valence-corrected chi connectivity index (χ1v) is 7.04. The van der Waals surface area contributed by atoms with Crippen molar-refractivity contribution in [3.8, 4) is 5.75 Å². The molecule has 23 heavy (non-hydrogen) atoms. The van der Waals surface area contributed by atoms with E-state index in [9.17, 15) is 14.7 Å². The average molecular weight is 332 g/mol. The van der Waals surface area contributed by atoms with Gasteiger partial charge in [-0.1, -0.05) is 41.9 Å². The second kappa shape index (κ2) is 7.47. The number of para-hydroxylation sites is 1. The third kappa shape index (κ3) is 4.11. The first kappa shape index (κ1) is 16.6. The molecule has 0 heterocycles. The van der Waals surface area contributed by atoms with E-state index in [0.717, 1.165) is 0 Å². The van der Waals surface area contributed by atoms with Gasteiger partial charge in [0.25, 0.3) is 5.91 Å². The lowest BCUT2D eigenvalue weighted by Crippen LogP contribution is -2.27. The highest BCUT2D eigenvalue weighted by atomic mass is 35.5. The van der Waals surface area contributed by atoms with Crippen LogP contribution in [0.25, 0.3) is 6.08 Å². The summed E-state index contributed by atoms with van der Waals surface area (Å²) in [7, 11) is 1.48. The Labute approximate surface area is 138 Å². The molecule has 0 aliphatic rings. The van der Waals surface area contributed by atoms with Gasteiger partial charge in [0.05, 0.1) is 17.7 Å². The van der Waals surface area contributed by atoms with E-state index in [1.807, 2.05) is 0 Å². The van der Waals surface area contributed by atoms with Crippen molar-refractivity contribution in [3.63, 3.8) is 0 Å². The standard InChI is InChI=1S/C17H14ClNO4/c1-23-15-9-5-2-6-11(15)10-14(17(21)22)19-16(20)12-7-3-4-8-13(12)18/h2-10H,1H3,(H,19,20)(H,21,22)/b14-10-. The van der Waals surface area contributed by atoms with Crippen LogP contribution in [0.3, 0.4) is 0 Å². The number of halogens is 1. The Bertz CT molecular complexity index is 771. The number of carboxylic acid groups (broad SMARTS) is 1. The number of hydrogen-bond acceptors (Lipinski definition) is 3. The van der Waals surface area contributed by atoms with E-state index in [1.165, 1.54) is 19.3 Å². The van der Waals surface area contributed by atoms with Gasteiger partial charge < -0.3 is 15.2 Å². The molecule has 0 unspecified atom stereocenters. The summed E-state index contributed by atoms with van der Waals surface area (Å²) in [6.45, 7) is 0. The van der Waals surface area contributed by atoms with Crippen molar-refractivity contribution in [1.82, 2.24) is 5.32 Å². The van der Waals surface area contributed by atoms with E-state index in [1.54, 1.807) is 42.5 Å². The molecule has 6 heteroatoms. The molecule has 0 aromatic heterocycles. The van der Waals surface area contributed by atoms with E-state index >= 15 is 0 Å². The highest BCUT2D eigenvalue weighted by Gasteiger charge is 2.16. The second-order valence-electron chi connectivity index (χ2n) is 4.54. The second-order valence-corrected chi connectivity index (χ2v) is 4.95. The van der Waals surface area contributed by atoms with Crippen LogP contribution in [-0.2, 0) is 4.79 Å². The first-order chi connectivity index (χ1) is 11.0. The number of methoxy groups -OCH3 is 1. The molecule has 0 aliphatic heterocycles. The maximum Gasteiger partial charge on any atom is 0.352 e. The predicted octanol–water partition coefficient (Wildman–Crippen LogP) is 3.20. The number of amides is 1. The lowest BCUT2D eigenvalue weighted by molar-refractivity contribution is -0.132.